The van der Waals surface area contributed by atoms with Crippen LogP contribution in [-0.2, 0) is 4.79 Å². The molecule has 3 atom stereocenters. The number of carboxylic acids is 1. The molecule has 104 valence electrons. The van der Waals surface area contributed by atoms with Crippen molar-refractivity contribution in [3.63, 3.8) is 0 Å². The summed E-state index contributed by atoms with van der Waals surface area (Å²) in [7, 11) is 0. The summed E-state index contributed by atoms with van der Waals surface area (Å²) in [5.41, 5.74) is 5.05. The van der Waals surface area contributed by atoms with E-state index in [9.17, 15) is 9.90 Å². The first-order valence-corrected chi connectivity index (χ1v) is 7.20. The molecule has 0 aromatic heterocycles. The third-order valence-corrected chi connectivity index (χ3v) is 4.71. The fraction of sp³-hybridized carbons (Fsp3) is 0.588. The fourth-order valence-corrected chi connectivity index (χ4v) is 3.40. The molecule has 1 aromatic rings. The van der Waals surface area contributed by atoms with E-state index >= 15 is 0 Å². The Hall–Kier alpha value is -1.31. The Kier molecular flexibility index (Phi) is 3.98. The van der Waals surface area contributed by atoms with E-state index in [2.05, 4.69) is 39.8 Å². The lowest BCUT2D eigenvalue weighted by molar-refractivity contribution is -0.143. The average Bonchev–Trinajstić information content (AvgIpc) is 2.33. The van der Waals surface area contributed by atoms with Crippen molar-refractivity contribution in [2.24, 2.45) is 11.8 Å². The van der Waals surface area contributed by atoms with Crippen molar-refractivity contribution in [2.45, 2.75) is 52.9 Å². The molecule has 3 unspecified atom stereocenters. The number of carbonyl (C=O) groups is 1. The largest absolute Gasteiger partial charge is 0.481 e. The molecule has 0 radical (unpaired) electrons. The fourth-order valence-electron chi connectivity index (χ4n) is 3.40. The zero-order chi connectivity index (χ0) is 14.2. The Balaban J connectivity index is 2.41. The third kappa shape index (κ3) is 2.83. The maximum Gasteiger partial charge on any atom is 0.307 e. The van der Waals surface area contributed by atoms with Gasteiger partial charge in [-0.05, 0) is 74.1 Å². The van der Waals surface area contributed by atoms with Crippen molar-refractivity contribution in [1.29, 1.82) is 0 Å². The average molecular weight is 260 g/mol. The lowest BCUT2D eigenvalue weighted by atomic mass is 9.70. The molecule has 0 spiro atoms. The first-order chi connectivity index (χ1) is 8.90. The molecular formula is C17H24O2. The number of rotatable bonds is 2. The lowest BCUT2D eigenvalue weighted by Crippen LogP contribution is -2.29. The van der Waals surface area contributed by atoms with Gasteiger partial charge >= 0.3 is 5.97 Å². The van der Waals surface area contributed by atoms with Crippen LogP contribution in [0.5, 0.6) is 0 Å². The Bertz CT molecular complexity index is 490. The van der Waals surface area contributed by atoms with Crippen LogP contribution in [0.2, 0.25) is 0 Å². The van der Waals surface area contributed by atoms with Crippen molar-refractivity contribution < 1.29 is 9.90 Å². The summed E-state index contributed by atoms with van der Waals surface area (Å²) in [6.45, 7) is 8.58. The number of aryl methyl sites for hydroxylation is 3. The highest BCUT2D eigenvalue weighted by molar-refractivity contribution is 5.71. The summed E-state index contributed by atoms with van der Waals surface area (Å²) in [6.07, 6.45) is 2.85. The Labute approximate surface area is 115 Å². The van der Waals surface area contributed by atoms with E-state index in [0.29, 0.717) is 5.92 Å². The van der Waals surface area contributed by atoms with Crippen LogP contribution in [0.25, 0.3) is 0 Å². The van der Waals surface area contributed by atoms with Gasteiger partial charge in [0.25, 0.3) is 0 Å². The van der Waals surface area contributed by atoms with Crippen LogP contribution < -0.4 is 0 Å². The Morgan fingerprint density at radius 1 is 1.11 bits per heavy atom. The minimum Gasteiger partial charge on any atom is -0.481 e. The molecule has 2 heteroatoms. The van der Waals surface area contributed by atoms with Gasteiger partial charge in [-0.3, -0.25) is 4.79 Å². The van der Waals surface area contributed by atoms with E-state index in [1.807, 2.05) is 0 Å². The summed E-state index contributed by atoms with van der Waals surface area (Å²) in [5.74, 6) is -0.0336. The summed E-state index contributed by atoms with van der Waals surface area (Å²) >= 11 is 0. The predicted octanol–water partition coefficient (Wildman–Crippen LogP) is 4.22. The number of hydrogen-bond acceptors (Lipinski definition) is 1. The van der Waals surface area contributed by atoms with Gasteiger partial charge in [-0.2, -0.15) is 0 Å². The molecule has 1 saturated carbocycles. The number of hydrogen-bond donors (Lipinski definition) is 1. The molecule has 2 rings (SSSR count). The number of aliphatic carboxylic acids is 1. The normalized spacial score (nSPS) is 27.3. The Morgan fingerprint density at radius 3 is 2.37 bits per heavy atom. The molecule has 19 heavy (non-hydrogen) atoms. The smallest absolute Gasteiger partial charge is 0.307 e. The monoisotopic (exact) mass is 260 g/mol. The highest BCUT2D eigenvalue weighted by Gasteiger charge is 2.35. The van der Waals surface area contributed by atoms with E-state index in [1.54, 1.807) is 0 Å². The molecule has 0 amide bonds. The molecule has 1 aliphatic carbocycles. The van der Waals surface area contributed by atoms with Crippen LogP contribution in [0.3, 0.4) is 0 Å². The van der Waals surface area contributed by atoms with Crippen LogP contribution in [0.1, 0.15) is 54.4 Å². The van der Waals surface area contributed by atoms with Crippen LogP contribution in [-0.4, -0.2) is 11.1 Å². The summed E-state index contributed by atoms with van der Waals surface area (Å²) in [4.78, 5) is 11.5. The second kappa shape index (κ2) is 5.36. The summed E-state index contributed by atoms with van der Waals surface area (Å²) in [6, 6.07) is 4.41. The van der Waals surface area contributed by atoms with Gasteiger partial charge in [-0.25, -0.2) is 0 Å². The third-order valence-electron chi connectivity index (χ3n) is 4.71. The maximum atomic E-state index is 11.5. The van der Waals surface area contributed by atoms with Crippen molar-refractivity contribution in [3.8, 4) is 0 Å². The van der Waals surface area contributed by atoms with Gasteiger partial charge in [-0.15, -0.1) is 0 Å². The van der Waals surface area contributed by atoms with Crippen LogP contribution in [0.15, 0.2) is 12.1 Å². The van der Waals surface area contributed by atoms with Gasteiger partial charge < -0.3 is 5.11 Å². The number of carboxylic acid groups (broad SMARTS) is 1. The second-order valence-corrected chi connectivity index (χ2v) is 6.26. The summed E-state index contributed by atoms with van der Waals surface area (Å²) < 4.78 is 0. The van der Waals surface area contributed by atoms with E-state index in [-0.39, 0.29) is 11.8 Å². The van der Waals surface area contributed by atoms with Gasteiger partial charge in [0, 0.05) is 0 Å². The highest BCUT2D eigenvalue weighted by atomic mass is 16.4. The number of benzene rings is 1. The molecule has 1 fully saturated rings. The van der Waals surface area contributed by atoms with Gasteiger partial charge in [0.15, 0.2) is 0 Å². The zero-order valence-corrected chi connectivity index (χ0v) is 12.4. The van der Waals surface area contributed by atoms with Gasteiger partial charge in [0.1, 0.15) is 0 Å². The molecule has 0 saturated heterocycles. The molecule has 2 nitrogen and oxygen atoms in total. The summed E-state index contributed by atoms with van der Waals surface area (Å²) in [5, 5.41) is 9.47. The predicted molar refractivity (Wildman–Crippen MR) is 77.5 cm³/mol. The SMILES string of the molecule is Cc1cc(C)c(C2CC(C)CCC2C(=O)O)cc1C. The Morgan fingerprint density at radius 2 is 1.74 bits per heavy atom. The highest BCUT2D eigenvalue weighted by Crippen LogP contribution is 2.42. The molecule has 1 aliphatic rings. The second-order valence-electron chi connectivity index (χ2n) is 6.26. The van der Waals surface area contributed by atoms with Crippen molar-refractivity contribution >= 4 is 5.97 Å². The van der Waals surface area contributed by atoms with Crippen LogP contribution >= 0.6 is 0 Å². The zero-order valence-electron chi connectivity index (χ0n) is 12.4. The first kappa shape index (κ1) is 14.1. The van der Waals surface area contributed by atoms with E-state index in [4.69, 9.17) is 0 Å². The standard InChI is InChI=1S/C17H24O2/c1-10-5-6-14(17(18)19)16(7-10)15-9-12(3)11(2)8-13(15)4/h8-10,14,16H,5-7H2,1-4H3,(H,18,19). The molecule has 0 bridgehead atoms. The first-order valence-electron chi connectivity index (χ1n) is 7.20. The van der Waals surface area contributed by atoms with E-state index in [1.165, 1.54) is 22.3 Å². The molecule has 1 aromatic carbocycles. The van der Waals surface area contributed by atoms with E-state index in [0.717, 1.165) is 19.3 Å². The lowest BCUT2D eigenvalue weighted by Gasteiger charge is -2.34. The van der Waals surface area contributed by atoms with Gasteiger partial charge in [0.05, 0.1) is 5.92 Å². The maximum absolute atomic E-state index is 11.5. The minimum absolute atomic E-state index is 0.181. The topological polar surface area (TPSA) is 37.3 Å². The van der Waals surface area contributed by atoms with Crippen LogP contribution in [0.4, 0.5) is 0 Å². The molecule has 0 heterocycles. The van der Waals surface area contributed by atoms with E-state index < -0.39 is 5.97 Å². The van der Waals surface area contributed by atoms with Crippen molar-refractivity contribution in [3.05, 3.63) is 34.4 Å². The minimum atomic E-state index is -0.630. The molecule has 1 N–H and O–H groups in total. The van der Waals surface area contributed by atoms with Crippen molar-refractivity contribution in [1.82, 2.24) is 0 Å². The van der Waals surface area contributed by atoms with Gasteiger partial charge in [0.2, 0.25) is 0 Å². The van der Waals surface area contributed by atoms with Crippen molar-refractivity contribution in [2.75, 3.05) is 0 Å². The molecule has 0 aliphatic heterocycles. The quantitative estimate of drug-likeness (QED) is 0.864. The molecular weight excluding hydrogens is 236 g/mol. The van der Waals surface area contributed by atoms with Gasteiger partial charge in [-0.1, -0.05) is 19.1 Å². The van der Waals surface area contributed by atoms with Crippen LogP contribution in [0, 0.1) is 32.6 Å².